The molecule has 0 bridgehead atoms. The first kappa shape index (κ1) is 19.7. The topological polar surface area (TPSA) is 61.4 Å². The number of likely N-dealkylation sites (N-methyl/N-ethyl adjacent to an activating group) is 1. The lowest BCUT2D eigenvalue weighted by Crippen LogP contribution is -2.43. The number of rotatable bonds is 8. The average Bonchev–Trinajstić information content (AvgIpc) is 2.61. The summed E-state index contributed by atoms with van der Waals surface area (Å²) in [6.07, 6.45) is 0. The fraction of sp³-hybridized carbons (Fsp3) is 0.333. The second-order valence-corrected chi connectivity index (χ2v) is 6.64. The lowest BCUT2D eigenvalue weighted by atomic mass is 9.97. The van der Waals surface area contributed by atoms with Crippen molar-refractivity contribution < 1.29 is 9.59 Å². The first-order valence-electron chi connectivity index (χ1n) is 8.83. The molecule has 2 rings (SSSR count). The van der Waals surface area contributed by atoms with Crippen molar-refractivity contribution >= 4 is 11.8 Å². The third-order valence-electron chi connectivity index (χ3n) is 3.96. The number of nitrogens with one attached hydrogen (secondary N) is 2. The van der Waals surface area contributed by atoms with Crippen LogP contribution in [0.4, 0.5) is 0 Å². The van der Waals surface area contributed by atoms with Crippen LogP contribution in [-0.2, 0) is 9.59 Å². The summed E-state index contributed by atoms with van der Waals surface area (Å²) in [7, 11) is 1.92. The predicted molar refractivity (Wildman–Crippen MR) is 104 cm³/mol. The van der Waals surface area contributed by atoms with E-state index < -0.39 is 0 Å². The smallest absolute Gasteiger partial charge is 0.239 e. The Hall–Kier alpha value is -2.66. The minimum atomic E-state index is -0.182. The summed E-state index contributed by atoms with van der Waals surface area (Å²) < 4.78 is 0. The molecule has 2 N–H and O–H groups in total. The summed E-state index contributed by atoms with van der Waals surface area (Å²) in [6.45, 7) is 3.96. The molecule has 26 heavy (non-hydrogen) atoms. The Balaban J connectivity index is 2.04. The standard InChI is InChI=1S/C21H27N3O2/c1-16(2)23-19(25)14-22-20(26)15-24(3)21(17-10-6-4-7-11-17)18-12-8-5-9-13-18/h4-13,16,21H,14-15H2,1-3H3,(H,22,26)(H,23,25). The molecule has 2 aromatic carbocycles. The van der Waals surface area contributed by atoms with E-state index in [1.807, 2.05) is 62.2 Å². The summed E-state index contributed by atoms with van der Waals surface area (Å²) in [5.41, 5.74) is 2.23. The highest BCUT2D eigenvalue weighted by Gasteiger charge is 2.21. The monoisotopic (exact) mass is 353 g/mol. The maximum absolute atomic E-state index is 12.3. The quantitative estimate of drug-likeness (QED) is 0.766. The predicted octanol–water partition coefficient (Wildman–Crippen LogP) is 2.35. The first-order chi connectivity index (χ1) is 12.5. The number of amides is 2. The Labute approximate surface area is 155 Å². The highest BCUT2D eigenvalue weighted by Crippen LogP contribution is 2.27. The van der Waals surface area contributed by atoms with Crippen molar-refractivity contribution in [1.29, 1.82) is 0 Å². The van der Waals surface area contributed by atoms with Gasteiger partial charge in [0.1, 0.15) is 0 Å². The van der Waals surface area contributed by atoms with Crippen molar-refractivity contribution in [2.24, 2.45) is 0 Å². The van der Waals surface area contributed by atoms with Crippen LogP contribution in [0.1, 0.15) is 31.0 Å². The molecule has 2 aromatic rings. The minimum absolute atomic E-state index is 0.00774. The largest absolute Gasteiger partial charge is 0.352 e. The molecule has 0 aromatic heterocycles. The molecule has 2 amide bonds. The van der Waals surface area contributed by atoms with E-state index >= 15 is 0 Å². The van der Waals surface area contributed by atoms with Crippen LogP contribution >= 0.6 is 0 Å². The van der Waals surface area contributed by atoms with Gasteiger partial charge in [0.15, 0.2) is 0 Å². The van der Waals surface area contributed by atoms with Crippen LogP contribution in [0.2, 0.25) is 0 Å². The maximum Gasteiger partial charge on any atom is 0.239 e. The third kappa shape index (κ3) is 6.01. The molecule has 0 spiro atoms. The minimum Gasteiger partial charge on any atom is -0.352 e. The van der Waals surface area contributed by atoms with E-state index in [4.69, 9.17) is 0 Å². The fourth-order valence-electron chi connectivity index (χ4n) is 2.90. The van der Waals surface area contributed by atoms with Crippen LogP contribution in [0.5, 0.6) is 0 Å². The average molecular weight is 353 g/mol. The molecule has 0 aliphatic carbocycles. The van der Waals surface area contributed by atoms with Gasteiger partial charge in [0.25, 0.3) is 0 Å². The van der Waals surface area contributed by atoms with E-state index in [1.54, 1.807) is 0 Å². The highest BCUT2D eigenvalue weighted by molar-refractivity contribution is 5.85. The molecule has 0 saturated carbocycles. The zero-order chi connectivity index (χ0) is 18.9. The van der Waals surface area contributed by atoms with Gasteiger partial charge in [0.05, 0.1) is 19.1 Å². The van der Waals surface area contributed by atoms with Crippen LogP contribution in [0.25, 0.3) is 0 Å². The lowest BCUT2D eigenvalue weighted by Gasteiger charge is -2.28. The second kappa shape index (κ2) is 9.73. The van der Waals surface area contributed by atoms with Gasteiger partial charge in [-0.15, -0.1) is 0 Å². The number of benzene rings is 2. The Morgan fingerprint density at radius 1 is 0.885 bits per heavy atom. The summed E-state index contributed by atoms with van der Waals surface area (Å²) in [6, 6.07) is 20.2. The third-order valence-corrected chi connectivity index (χ3v) is 3.96. The van der Waals surface area contributed by atoms with Crippen molar-refractivity contribution in [3.05, 3.63) is 71.8 Å². The van der Waals surface area contributed by atoms with E-state index in [2.05, 4.69) is 34.9 Å². The van der Waals surface area contributed by atoms with Gasteiger partial charge in [-0.1, -0.05) is 60.7 Å². The van der Waals surface area contributed by atoms with Crippen molar-refractivity contribution in [2.45, 2.75) is 25.9 Å². The van der Waals surface area contributed by atoms with Crippen LogP contribution < -0.4 is 10.6 Å². The molecule has 0 radical (unpaired) electrons. The van der Waals surface area contributed by atoms with Gasteiger partial charge < -0.3 is 10.6 Å². The molecule has 138 valence electrons. The lowest BCUT2D eigenvalue weighted by molar-refractivity contribution is -0.127. The number of nitrogens with zero attached hydrogens (tertiary/aromatic N) is 1. The van der Waals surface area contributed by atoms with Crippen LogP contribution in [0.15, 0.2) is 60.7 Å². The molecule has 0 atom stereocenters. The van der Waals surface area contributed by atoms with Gasteiger partial charge in [-0.2, -0.15) is 0 Å². The van der Waals surface area contributed by atoms with E-state index in [0.717, 1.165) is 11.1 Å². The van der Waals surface area contributed by atoms with Gasteiger partial charge in [-0.25, -0.2) is 0 Å². The Morgan fingerprint density at radius 2 is 1.38 bits per heavy atom. The fourth-order valence-corrected chi connectivity index (χ4v) is 2.90. The molecule has 0 aliphatic heterocycles. The molecule has 0 saturated heterocycles. The van der Waals surface area contributed by atoms with Crippen molar-refractivity contribution in [3.63, 3.8) is 0 Å². The van der Waals surface area contributed by atoms with Gasteiger partial charge in [0, 0.05) is 6.04 Å². The van der Waals surface area contributed by atoms with E-state index in [1.165, 1.54) is 0 Å². The molecule has 0 unspecified atom stereocenters. The van der Waals surface area contributed by atoms with Crippen molar-refractivity contribution in [1.82, 2.24) is 15.5 Å². The number of hydrogen-bond donors (Lipinski definition) is 2. The van der Waals surface area contributed by atoms with Crippen LogP contribution in [0, 0.1) is 0 Å². The number of hydrogen-bond acceptors (Lipinski definition) is 3. The molecular formula is C21H27N3O2. The van der Waals surface area contributed by atoms with E-state index in [0.29, 0.717) is 0 Å². The van der Waals surface area contributed by atoms with E-state index in [-0.39, 0.29) is 37.0 Å². The van der Waals surface area contributed by atoms with E-state index in [9.17, 15) is 9.59 Å². The van der Waals surface area contributed by atoms with Gasteiger partial charge in [-0.3, -0.25) is 14.5 Å². The summed E-state index contributed by atoms with van der Waals surface area (Å²) in [5.74, 6) is -0.359. The zero-order valence-electron chi connectivity index (χ0n) is 15.6. The number of carbonyl (C=O) groups excluding carboxylic acids is 2. The van der Waals surface area contributed by atoms with Crippen molar-refractivity contribution in [3.8, 4) is 0 Å². The van der Waals surface area contributed by atoms with Gasteiger partial charge in [0.2, 0.25) is 11.8 Å². The Bertz CT molecular complexity index is 662. The molecular weight excluding hydrogens is 326 g/mol. The van der Waals surface area contributed by atoms with Crippen LogP contribution in [-0.4, -0.2) is 42.9 Å². The summed E-state index contributed by atoms with van der Waals surface area (Å²) >= 11 is 0. The molecule has 0 fully saturated rings. The molecule has 5 nitrogen and oxygen atoms in total. The zero-order valence-corrected chi connectivity index (χ0v) is 15.6. The Morgan fingerprint density at radius 3 is 1.85 bits per heavy atom. The molecule has 5 heteroatoms. The van der Waals surface area contributed by atoms with Gasteiger partial charge >= 0.3 is 0 Å². The second-order valence-electron chi connectivity index (χ2n) is 6.64. The van der Waals surface area contributed by atoms with Gasteiger partial charge in [-0.05, 0) is 32.0 Å². The Kier molecular flexibility index (Phi) is 7.36. The molecule has 0 aliphatic rings. The SMILES string of the molecule is CC(C)NC(=O)CNC(=O)CN(C)C(c1ccccc1)c1ccccc1. The highest BCUT2D eigenvalue weighted by atomic mass is 16.2. The van der Waals surface area contributed by atoms with Crippen LogP contribution in [0.3, 0.4) is 0 Å². The maximum atomic E-state index is 12.3. The summed E-state index contributed by atoms with van der Waals surface area (Å²) in [4.78, 5) is 25.9. The van der Waals surface area contributed by atoms with Crippen molar-refractivity contribution in [2.75, 3.05) is 20.1 Å². The normalized spacial score (nSPS) is 11.0. The first-order valence-corrected chi connectivity index (χ1v) is 8.83. The molecule has 0 heterocycles. The number of carbonyl (C=O) groups is 2. The summed E-state index contributed by atoms with van der Waals surface area (Å²) in [5, 5.41) is 5.44.